The van der Waals surface area contributed by atoms with E-state index in [4.69, 9.17) is 0 Å². The molecule has 0 aliphatic carbocycles. The third-order valence-electron chi connectivity index (χ3n) is 3.38. The predicted octanol–water partition coefficient (Wildman–Crippen LogP) is -0.422. The van der Waals surface area contributed by atoms with Crippen molar-refractivity contribution in [3.05, 3.63) is 29.1 Å². The number of carbonyl (C=O) groups is 1. The van der Waals surface area contributed by atoms with Crippen LogP contribution in [0, 0.1) is 13.8 Å². The van der Waals surface area contributed by atoms with Crippen LogP contribution in [-0.4, -0.2) is 22.1 Å². The Morgan fingerprint density at radius 3 is 2.68 bits per heavy atom. The fraction of sp³-hybridized carbons (Fsp3) is 0.429. The summed E-state index contributed by atoms with van der Waals surface area (Å²) in [5, 5.41) is 10.7. The van der Waals surface area contributed by atoms with Gasteiger partial charge in [-0.1, -0.05) is 0 Å². The topological polar surface area (TPSA) is 85.6 Å². The molecule has 0 saturated heterocycles. The lowest BCUT2D eigenvalue weighted by Crippen LogP contribution is -2.51. The van der Waals surface area contributed by atoms with E-state index in [1.54, 1.807) is 0 Å². The first-order valence-electron chi connectivity index (χ1n) is 6.48. The number of rotatable bonds is 5. The van der Waals surface area contributed by atoms with Crippen molar-refractivity contribution in [2.24, 2.45) is 0 Å². The molecular weight excluding hydrogens is 242 g/mol. The maximum atomic E-state index is 10.7. The standard InChI is InChI=1S/C14H19N3O2/c1-9-7-11-12(8-10(9)2)17(6-4-14(18)19)13(16-11)3-5-15/h7-8H,3-6,15H2,1-2H3,(H,18,19). The van der Waals surface area contributed by atoms with E-state index in [0.717, 1.165) is 29.8 Å². The van der Waals surface area contributed by atoms with Crippen LogP contribution in [0.1, 0.15) is 23.4 Å². The number of hydrogen-bond donors (Lipinski definition) is 1. The Kier molecular flexibility index (Phi) is 3.85. The maximum absolute atomic E-state index is 10.7. The number of aryl methyl sites for hydroxylation is 3. The van der Waals surface area contributed by atoms with E-state index in [2.05, 4.69) is 23.7 Å². The number of fused-ring (bicyclic) bond motifs is 1. The lowest BCUT2D eigenvalue weighted by atomic mass is 10.1. The zero-order chi connectivity index (χ0) is 14.0. The molecule has 2 aromatic rings. The molecule has 0 aliphatic rings. The summed E-state index contributed by atoms with van der Waals surface area (Å²) < 4.78 is 1.97. The molecule has 5 heteroatoms. The van der Waals surface area contributed by atoms with Gasteiger partial charge in [-0.2, -0.15) is 0 Å². The van der Waals surface area contributed by atoms with Gasteiger partial charge in [-0.15, -0.1) is 0 Å². The lowest BCUT2D eigenvalue weighted by molar-refractivity contribution is -0.366. The van der Waals surface area contributed by atoms with Crippen molar-refractivity contribution in [3.63, 3.8) is 0 Å². The third kappa shape index (κ3) is 2.76. The first-order valence-corrected chi connectivity index (χ1v) is 6.48. The minimum atomic E-state index is -1.04. The number of aromatic nitrogens is 2. The molecule has 2 rings (SSSR count). The Morgan fingerprint density at radius 2 is 2.05 bits per heavy atom. The fourth-order valence-electron chi connectivity index (χ4n) is 2.23. The molecule has 0 bridgehead atoms. The van der Waals surface area contributed by atoms with Crippen molar-refractivity contribution >= 4 is 17.0 Å². The second-order valence-electron chi connectivity index (χ2n) is 4.83. The van der Waals surface area contributed by atoms with E-state index in [0.29, 0.717) is 6.54 Å². The summed E-state index contributed by atoms with van der Waals surface area (Å²) in [7, 11) is 0. The van der Waals surface area contributed by atoms with Crippen molar-refractivity contribution in [2.45, 2.75) is 33.2 Å². The van der Waals surface area contributed by atoms with E-state index in [9.17, 15) is 9.90 Å². The Balaban J connectivity index is 2.51. The van der Waals surface area contributed by atoms with Crippen LogP contribution < -0.4 is 10.8 Å². The van der Waals surface area contributed by atoms with Crippen molar-refractivity contribution in [1.29, 1.82) is 0 Å². The van der Waals surface area contributed by atoms with Gasteiger partial charge in [0, 0.05) is 18.9 Å². The molecule has 0 aliphatic heterocycles. The summed E-state index contributed by atoms with van der Waals surface area (Å²) in [4.78, 5) is 15.3. The van der Waals surface area contributed by atoms with Crippen molar-refractivity contribution in [1.82, 2.24) is 9.55 Å². The van der Waals surface area contributed by atoms with E-state index < -0.39 is 5.97 Å². The van der Waals surface area contributed by atoms with Crippen LogP contribution >= 0.6 is 0 Å². The molecule has 1 aromatic heterocycles. The maximum Gasteiger partial charge on any atom is 0.115 e. The van der Waals surface area contributed by atoms with Gasteiger partial charge in [0.15, 0.2) is 0 Å². The van der Waals surface area contributed by atoms with Gasteiger partial charge in [-0.05, 0) is 37.1 Å². The first-order chi connectivity index (χ1) is 9.02. The smallest absolute Gasteiger partial charge is 0.115 e. The van der Waals surface area contributed by atoms with Crippen LogP contribution in [0.5, 0.6) is 0 Å². The summed E-state index contributed by atoms with van der Waals surface area (Å²) >= 11 is 0. The molecule has 0 atom stereocenters. The zero-order valence-corrected chi connectivity index (χ0v) is 11.4. The van der Waals surface area contributed by atoms with Gasteiger partial charge in [0.25, 0.3) is 0 Å². The molecule has 0 unspecified atom stereocenters. The fourth-order valence-corrected chi connectivity index (χ4v) is 2.23. The number of quaternary nitrogens is 1. The zero-order valence-electron chi connectivity index (χ0n) is 11.4. The van der Waals surface area contributed by atoms with Gasteiger partial charge in [0.1, 0.15) is 5.82 Å². The predicted molar refractivity (Wildman–Crippen MR) is 70.3 cm³/mol. The van der Waals surface area contributed by atoms with Crippen LogP contribution in [-0.2, 0) is 17.8 Å². The number of carboxylic acids is 1. The van der Waals surface area contributed by atoms with Crippen LogP contribution in [0.25, 0.3) is 11.0 Å². The Morgan fingerprint density at radius 1 is 1.37 bits per heavy atom. The molecule has 102 valence electrons. The quantitative estimate of drug-likeness (QED) is 0.793. The number of carboxylic acid groups (broad SMARTS) is 1. The summed E-state index contributed by atoms with van der Waals surface area (Å²) in [5.74, 6) is -0.137. The highest BCUT2D eigenvalue weighted by atomic mass is 16.4. The van der Waals surface area contributed by atoms with Gasteiger partial charge in [-0.25, -0.2) is 4.98 Å². The number of aliphatic carboxylic acids is 1. The number of benzene rings is 1. The van der Waals surface area contributed by atoms with Gasteiger partial charge in [-0.3, -0.25) is 0 Å². The molecule has 0 saturated carbocycles. The normalized spacial score (nSPS) is 11.1. The Hall–Kier alpha value is -1.88. The van der Waals surface area contributed by atoms with Crippen LogP contribution in [0.15, 0.2) is 12.1 Å². The summed E-state index contributed by atoms with van der Waals surface area (Å²) in [5.41, 5.74) is 8.13. The van der Waals surface area contributed by atoms with Crippen LogP contribution in [0.2, 0.25) is 0 Å². The molecule has 0 fully saturated rings. The van der Waals surface area contributed by atoms with E-state index in [-0.39, 0.29) is 6.42 Å². The van der Waals surface area contributed by atoms with Crippen molar-refractivity contribution < 1.29 is 15.6 Å². The molecule has 1 heterocycles. The monoisotopic (exact) mass is 261 g/mol. The second-order valence-corrected chi connectivity index (χ2v) is 4.83. The summed E-state index contributed by atoms with van der Waals surface area (Å²) in [6, 6.07) is 4.12. The molecule has 0 radical (unpaired) electrons. The highest BCUT2D eigenvalue weighted by Crippen LogP contribution is 2.21. The van der Waals surface area contributed by atoms with Crippen molar-refractivity contribution in [2.75, 3.05) is 6.54 Å². The highest BCUT2D eigenvalue weighted by Gasteiger charge is 2.11. The Labute approximate surface area is 112 Å². The lowest BCUT2D eigenvalue weighted by Gasteiger charge is -2.09. The third-order valence-corrected chi connectivity index (χ3v) is 3.38. The van der Waals surface area contributed by atoms with Crippen LogP contribution in [0.3, 0.4) is 0 Å². The molecule has 3 N–H and O–H groups in total. The van der Waals surface area contributed by atoms with E-state index in [1.165, 1.54) is 11.1 Å². The van der Waals surface area contributed by atoms with E-state index >= 15 is 0 Å². The minimum Gasteiger partial charge on any atom is -0.550 e. The number of carbonyl (C=O) groups excluding carboxylic acids is 1. The van der Waals surface area contributed by atoms with E-state index in [1.807, 2.05) is 17.6 Å². The van der Waals surface area contributed by atoms with Gasteiger partial charge < -0.3 is 20.2 Å². The van der Waals surface area contributed by atoms with Gasteiger partial charge in [0.05, 0.1) is 24.0 Å². The summed E-state index contributed by atoms with van der Waals surface area (Å²) in [6.45, 7) is 5.24. The molecule has 1 aromatic carbocycles. The second kappa shape index (κ2) is 5.40. The average molecular weight is 261 g/mol. The number of nitrogens with zero attached hydrogens (tertiary/aromatic N) is 2. The van der Waals surface area contributed by atoms with Gasteiger partial charge in [0.2, 0.25) is 0 Å². The first kappa shape index (κ1) is 13.5. The summed E-state index contributed by atoms with van der Waals surface area (Å²) in [6.07, 6.45) is 0.752. The SMILES string of the molecule is Cc1cc2nc(CC[NH3+])n(CCC(=O)[O-])c2cc1C. The number of hydrogen-bond acceptors (Lipinski definition) is 3. The molecule has 5 nitrogen and oxygen atoms in total. The molecule has 19 heavy (non-hydrogen) atoms. The molecule has 0 amide bonds. The van der Waals surface area contributed by atoms with Crippen molar-refractivity contribution in [3.8, 4) is 0 Å². The van der Waals surface area contributed by atoms with Gasteiger partial charge >= 0.3 is 0 Å². The number of imidazole rings is 1. The van der Waals surface area contributed by atoms with Crippen LogP contribution in [0.4, 0.5) is 0 Å². The Bertz CT molecular complexity index is 617. The average Bonchev–Trinajstić information content (AvgIpc) is 2.65. The molecule has 0 spiro atoms. The highest BCUT2D eigenvalue weighted by molar-refractivity contribution is 5.78. The largest absolute Gasteiger partial charge is 0.550 e. The molecular formula is C14H19N3O2. The minimum absolute atomic E-state index is 0.00251.